The minimum Gasteiger partial charge on any atom is -0.363 e. The van der Waals surface area contributed by atoms with E-state index < -0.39 is 37.9 Å². The highest BCUT2D eigenvalue weighted by molar-refractivity contribution is 7.57. The molecule has 5 rings (SSSR count). The Morgan fingerprint density at radius 3 is 2.54 bits per heavy atom. The molecule has 0 unspecified atom stereocenters. The summed E-state index contributed by atoms with van der Waals surface area (Å²) in [6.45, 7) is 9.71. The summed E-state index contributed by atoms with van der Waals surface area (Å²) in [5.74, 6) is 1.11. The van der Waals surface area contributed by atoms with Crippen LogP contribution in [0.4, 0.5) is 5.82 Å². The number of hydrogen-bond acceptors (Lipinski definition) is 10. The Balaban J connectivity index is 1.47. The van der Waals surface area contributed by atoms with Gasteiger partial charge in [-0.05, 0) is 57.9 Å². The number of hydrogen-bond donors (Lipinski definition) is 1. The Bertz CT molecular complexity index is 1380. The molecule has 11 nitrogen and oxygen atoms in total. The first-order chi connectivity index (χ1) is 18.6. The fourth-order valence-corrected chi connectivity index (χ4v) is 6.37. The second kappa shape index (κ2) is 11.2. The van der Waals surface area contributed by atoms with Crippen molar-refractivity contribution in [3.8, 4) is 0 Å². The van der Waals surface area contributed by atoms with E-state index in [0.29, 0.717) is 16.9 Å². The van der Waals surface area contributed by atoms with Gasteiger partial charge < -0.3 is 28.6 Å². The third kappa shape index (κ3) is 5.90. The van der Waals surface area contributed by atoms with E-state index in [0.717, 1.165) is 5.56 Å². The summed E-state index contributed by atoms with van der Waals surface area (Å²) in [4.78, 5) is 8.89. The number of fused-ring (bicyclic) bond motifs is 2. The number of rotatable bonds is 10. The fourth-order valence-electron chi connectivity index (χ4n) is 4.86. The van der Waals surface area contributed by atoms with Gasteiger partial charge in [-0.15, -0.1) is 0 Å². The van der Waals surface area contributed by atoms with Gasteiger partial charge in [-0.25, -0.2) is 4.68 Å². The molecular formula is C26H33ClN5O6P. The summed E-state index contributed by atoms with van der Waals surface area (Å²) in [6, 6.07) is 9.98. The molecule has 1 N–H and O–H groups in total. The van der Waals surface area contributed by atoms with E-state index in [1.54, 1.807) is 30.8 Å². The van der Waals surface area contributed by atoms with Crippen LogP contribution in [0.15, 0.2) is 48.4 Å². The lowest BCUT2D eigenvalue weighted by atomic mass is 10.1. The van der Waals surface area contributed by atoms with Crippen molar-refractivity contribution in [1.29, 1.82) is 0 Å². The smallest absolute Gasteiger partial charge is 0.353 e. The van der Waals surface area contributed by atoms with Crippen molar-refractivity contribution in [1.82, 2.24) is 19.7 Å². The van der Waals surface area contributed by atoms with Crippen LogP contribution >= 0.6 is 19.2 Å². The van der Waals surface area contributed by atoms with Gasteiger partial charge in [0.2, 0.25) is 5.28 Å². The molecule has 0 saturated carbocycles. The average Bonchev–Trinajstić information content (AvgIpc) is 3.54. The Hall–Kier alpha value is -2.37. The third-order valence-corrected chi connectivity index (χ3v) is 8.40. The number of benzene rings is 1. The Kier molecular flexibility index (Phi) is 8.13. The lowest BCUT2D eigenvalue weighted by molar-refractivity contribution is -0.192. The van der Waals surface area contributed by atoms with Crippen molar-refractivity contribution in [2.24, 2.45) is 0 Å². The van der Waals surface area contributed by atoms with Gasteiger partial charge in [0, 0.05) is 11.9 Å². The molecule has 0 aliphatic carbocycles. The summed E-state index contributed by atoms with van der Waals surface area (Å²) in [7, 11) is -3.44. The van der Waals surface area contributed by atoms with Crippen LogP contribution in [0.25, 0.3) is 11.0 Å². The van der Waals surface area contributed by atoms with Crippen molar-refractivity contribution in [2.45, 2.75) is 71.0 Å². The van der Waals surface area contributed by atoms with Crippen LogP contribution in [0, 0.1) is 0 Å². The maximum atomic E-state index is 13.0. The highest BCUT2D eigenvalue weighted by Crippen LogP contribution is 2.51. The van der Waals surface area contributed by atoms with E-state index in [1.165, 1.54) is 5.82 Å². The van der Waals surface area contributed by atoms with Gasteiger partial charge >= 0.3 is 7.60 Å². The number of halogens is 1. The molecule has 2 aromatic heterocycles. The molecule has 2 aliphatic rings. The monoisotopic (exact) mass is 577 g/mol. The largest absolute Gasteiger partial charge is 0.363 e. The lowest BCUT2D eigenvalue weighted by Gasteiger charge is -2.23. The van der Waals surface area contributed by atoms with Crippen molar-refractivity contribution < 1.29 is 27.8 Å². The Labute approximate surface area is 232 Å². The van der Waals surface area contributed by atoms with Crippen LogP contribution in [0.2, 0.25) is 5.28 Å². The highest BCUT2D eigenvalue weighted by Gasteiger charge is 2.56. The number of ether oxygens (including phenoxy) is 3. The van der Waals surface area contributed by atoms with E-state index in [4.69, 9.17) is 34.9 Å². The van der Waals surface area contributed by atoms with Gasteiger partial charge in [0.25, 0.3) is 0 Å². The molecule has 0 bridgehead atoms. The third-order valence-electron chi connectivity index (χ3n) is 6.46. The molecule has 210 valence electrons. The minimum absolute atomic E-state index is 0.0379. The van der Waals surface area contributed by atoms with E-state index >= 15 is 0 Å². The fraction of sp³-hybridized carbons (Fsp3) is 0.500. The van der Waals surface area contributed by atoms with Gasteiger partial charge in [0.05, 0.1) is 24.8 Å². The zero-order valence-electron chi connectivity index (χ0n) is 22.5. The topological polar surface area (TPSA) is 119 Å². The number of nitrogens with one attached hydrogen (secondary N) is 1. The summed E-state index contributed by atoms with van der Waals surface area (Å²) in [5.41, 5.74) is 1.58. The molecule has 2 aliphatic heterocycles. The van der Waals surface area contributed by atoms with Crippen LogP contribution in [0.3, 0.4) is 0 Å². The summed E-state index contributed by atoms with van der Waals surface area (Å²) in [5, 5.41) is 8.76. The second-order valence-electron chi connectivity index (χ2n) is 9.72. The molecule has 5 atom stereocenters. The van der Waals surface area contributed by atoms with Crippen molar-refractivity contribution in [3.05, 3.63) is 59.3 Å². The molecule has 2 fully saturated rings. The van der Waals surface area contributed by atoms with Gasteiger partial charge in [0.15, 0.2) is 17.7 Å². The predicted molar refractivity (Wildman–Crippen MR) is 147 cm³/mol. The molecule has 0 spiro atoms. The van der Waals surface area contributed by atoms with Crippen LogP contribution in [-0.4, -0.2) is 57.1 Å². The van der Waals surface area contributed by atoms with E-state index in [1.807, 2.05) is 51.1 Å². The SMILES string of the molecule is CCOP(=O)(C=C[C@H]1O[C@@H](n2ncc3c(N[C@H](C)c4ccccc4)nc(Cl)nc32)[C@@H]2OC(C)(C)O[C@@H]21)OCC. The average molecular weight is 578 g/mol. The van der Waals surface area contributed by atoms with Crippen LogP contribution in [-0.2, 0) is 27.8 Å². The Morgan fingerprint density at radius 2 is 1.85 bits per heavy atom. The zero-order chi connectivity index (χ0) is 27.8. The van der Waals surface area contributed by atoms with Gasteiger partial charge in [-0.1, -0.05) is 30.3 Å². The molecular weight excluding hydrogens is 545 g/mol. The van der Waals surface area contributed by atoms with E-state index in [9.17, 15) is 4.57 Å². The molecule has 2 saturated heterocycles. The summed E-state index contributed by atoms with van der Waals surface area (Å²) >= 11 is 6.36. The maximum absolute atomic E-state index is 13.0. The van der Waals surface area contributed by atoms with E-state index in [2.05, 4.69) is 20.4 Å². The van der Waals surface area contributed by atoms with Gasteiger partial charge in [-0.2, -0.15) is 15.1 Å². The second-order valence-corrected chi connectivity index (χ2v) is 11.9. The highest BCUT2D eigenvalue weighted by atomic mass is 35.5. The number of anilines is 1. The zero-order valence-corrected chi connectivity index (χ0v) is 24.1. The maximum Gasteiger partial charge on any atom is 0.353 e. The Morgan fingerprint density at radius 1 is 1.15 bits per heavy atom. The quantitative estimate of drug-likeness (QED) is 0.232. The van der Waals surface area contributed by atoms with Crippen molar-refractivity contribution in [3.63, 3.8) is 0 Å². The molecule has 1 aromatic carbocycles. The molecule has 3 aromatic rings. The van der Waals surface area contributed by atoms with Crippen LogP contribution in [0.1, 0.15) is 52.5 Å². The first-order valence-corrected chi connectivity index (χ1v) is 14.9. The standard InChI is InChI=1S/C26H33ClN5O6P/c1-6-34-39(33,35-7-2)14-13-19-20-21(38-26(4,5)37-20)24(36-19)32-23-18(15-28-32)22(30-25(27)31-23)29-16(3)17-11-9-8-10-12-17/h8-16,19-21,24H,6-7H2,1-5H3,(H,29,30,31)/t16-,19-,20-,21-,24-/m1/s1. The van der Waals surface area contributed by atoms with Crippen LogP contribution < -0.4 is 5.32 Å². The summed E-state index contributed by atoms with van der Waals surface area (Å²) in [6.07, 6.45) is 0.995. The minimum atomic E-state index is -3.44. The van der Waals surface area contributed by atoms with Crippen molar-refractivity contribution in [2.75, 3.05) is 18.5 Å². The van der Waals surface area contributed by atoms with Gasteiger partial charge in [0.1, 0.15) is 24.1 Å². The molecule has 0 radical (unpaired) electrons. The summed E-state index contributed by atoms with van der Waals surface area (Å²) < 4.78 is 44.2. The molecule has 0 amide bonds. The molecule has 4 heterocycles. The molecule has 13 heteroatoms. The first kappa shape index (κ1) is 28.2. The number of nitrogens with zero attached hydrogens (tertiary/aromatic N) is 4. The first-order valence-electron chi connectivity index (χ1n) is 12.9. The van der Waals surface area contributed by atoms with Crippen molar-refractivity contribution >= 4 is 36.0 Å². The normalized spacial score (nSPS) is 25.4. The van der Waals surface area contributed by atoms with Crippen LogP contribution in [0.5, 0.6) is 0 Å². The van der Waals surface area contributed by atoms with Gasteiger partial charge in [-0.3, -0.25) is 4.57 Å². The predicted octanol–water partition coefficient (Wildman–Crippen LogP) is 5.85. The number of aromatic nitrogens is 4. The van der Waals surface area contributed by atoms with E-state index in [-0.39, 0.29) is 24.5 Å². The lowest BCUT2D eigenvalue weighted by Crippen LogP contribution is -2.28. The molecule has 39 heavy (non-hydrogen) atoms.